The van der Waals surface area contributed by atoms with Crippen LogP contribution in [0, 0.1) is 17.8 Å². The number of fused-ring (bicyclic) bond motifs is 3. The second-order valence-corrected chi connectivity index (χ2v) is 8.02. The molecule has 3 N–H and O–H groups in total. The van der Waals surface area contributed by atoms with E-state index in [9.17, 15) is 9.59 Å². The van der Waals surface area contributed by atoms with E-state index in [4.69, 9.17) is 4.74 Å². The van der Waals surface area contributed by atoms with Crippen molar-refractivity contribution in [1.82, 2.24) is 10.6 Å². The van der Waals surface area contributed by atoms with E-state index in [1.54, 1.807) is 0 Å². The Morgan fingerprint density at radius 1 is 1.30 bits per heavy atom. The maximum atomic E-state index is 12.7. The summed E-state index contributed by atoms with van der Waals surface area (Å²) in [5, 5.41) is 9.95. The van der Waals surface area contributed by atoms with Crippen molar-refractivity contribution in [1.29, 1.82) is 0 Å². The first kappa shape index (κ1) is 18.3. The minimum absolute atomic E-state index is 0.00572. The first-order valence-electron chi connectivity index (χ1n) is 10.2. The minimum atomic E-state index is -0.403. The highest BCUT2D eigenvalue weighted by Gasteiger charge is 2.55. The van der Waals surface area contributed by atoms with Crippen LogP contribution in [0.1, 0.15) is 49.4 Å². The Kier molecular flexibility index (Phi) is 5.08. The Morgan fingerprint density at radius 2 is 2.15 bits per heavy atom. The molecule has 4 atom stereocenters. The van der Waals surface area contributed by atoms with E-state index in [1.807, 2.05) is 31.2 Å². The third-order valence-electron chi connectivity index (χ3n) is 6.45. The average Bonchev–Trinajstić information content (AvgIpc) is 2.68. The van der Waals surface area contributed by atoms with Crippen molar-refractivity contribution in [2.24, 2.45) is 17.8 Å². The summed E-state index contributed by atoms with van der Waals surface area (Å²) in [6.45, 7) is 4.04. The number of nitrogens with one attached hydrogen (secondary N) is 3. The van der Waals surface area contributed by atoms with Crippen molar-refractivity contribution in [3.8, 4) is 0 Å². The molecule has 3 saturated carbocycles. The van der Waals surface area contributed by atoms with Gasteiger partial charge in [-0.15, -0.1) is 0 Å². The van der Waals surface area contributed by atoms with E-state index >= 15 is 0 Å². The molecule has 0 radical (unpaired) electrons. The van der Waals surface area contributed by atoms with Crippen LogP contribution in [0.4, 0.5) is 5.69 Å². The van der Waals surface area contributed by atoms with Crippen LogP contribution in [0.3, 0.4) is 0 Å². The molecule has 2 amide bonds. The van der Waals surface area contributed by atoms with E-state index in [0.717, 1.165) is 37.8 Å². The fourth-order valence-corrected chi connectivity index (χ4v) is 5.13. The van der Waals surface area contributed by atoms with Crippen LogP contribution in [0.25, 0.3) is 0 Å². The number of hydrogen-bond donors (Lipinski definition) is 3. The van der Waals surface area contributed by atoms with Crippen LogP contribution in [0.5, 0.6) is 0 Å². The van der Waals surface area contributed by atoms with Gasteiger partial charge in [-0.3, -0.25) is 9.59 Å². The van der Waals surface area contributed by atoms with Gasteiger partial charge in [0.1, 0.15) is 5.66 Å². The number of ether oxygens (including phenoxy) is 1. The van der Waals surface area contributed by atoms with Crippen molar-refractivity contribution in [3.63, 3.8) is 0 Å². The zero-order valence-corrected chi connectivity index (χ0v) is 15.9. The van der Waals surface area contributed by atoms with Gasteiger partial charge in [-0.2, -0.15) is 0 Å². The summed E-state index contributed by atoms with van der Waals surface area (Å²) in [7, 11) is 0. The zero-order valence-electron chi connectivity index (χ0n) is 15.9. The largest absolute Gasteiger partial charge is 0.382 e. The van der Waals surface area contributed by atoms with Crippen molar-refractivity contribution in [3.05, 3.63) is 29.8 Å². The third-order valence-corrected chi connectivity index (χ3v) is 6.45. The summed E-state index contributed by atoms with van der Waals surface area (Å²) in [6, 6.07) is 7.67. The number of carbonyl (C=O) groups is 2. The van der Waals surface area contributed by atoms with E-state index in [1.165, 1.54) is 0 Å². The fraction of sp³-hybridized carbons (Fsp3) is 0.619. The van der Waals surface area contributed by atoms with Gasteiger partial charge in [0.2, 0.25) is 5.91 Å². The van der Waals surface area contributed by atoms with Gasteiger partial charge in [0.05, 0.1) is 5.56 Å². The maximum absolute atomic E-state index is 12.7. The third kappa shape index (κ3) is 3.43. The molecule has 0 saturated heterocycles. The standard InChI is InChI=1S/C21H29N3O3/c1-2-27-11-5-10-22-19(25)17-12-15-9-8-14(17)13-21(15)23-18-7-4-3-6-16(18)20(26)24-21/h3-4,6-7,14-15,17,23H,2,5,8-13H2,1H3,(H,22,25)(H,24,26)/t14-,15+,17-,21+/m0/s1. The molecule has 0 unspecified atom stereocenters. The van der Waals surface area contributed by atoms with Crippen LogP contribution in [0.2, 0.25) is 0 Å². The van der Waals surface area contributed by atoms with Gasteiger partial charge in [0.25, 0.3) is 5.91 Å². The number of anilines is 1. The molecule has 0 aromatic heterocycles. The number of para-hydroxylation sites is 1. The Morgan fingerprint density at radius 3 is 2.93 bits per heavy atom. The van der Waals surface area contributed by atoms with Gasteiger partial charge in [-0.1, -0.05) is 12.1 Å². The number of benzene rings is 1. The Bertz CT molecular complexity index is 722. The number of hydrogen-bond acceptors (Lipinski definition) is 4. The molecule has 146 valence electrons. The van der Waals surface area contributed by atoms with Gasteiger partial charge in [-0.25, -0.2) is 0 Å². The molecular weight excluding hydrogens is 342 g/mol. The van der Waals surface area contributed by atoms with Gasteiger partial charge < -0.3 is 20.7 Å². The van der Waals surface area contributed by atoms with Gasteiger partial charge in [0.15, 0.2) is 0 Å². The molecule has 1 aromatic carbocycles. The summed E-state index contributed by atoms with van der Waals surface area (Å²) < 4.78 is 5.32. The first-order chi connectivity index (χ1) is 13.1. The van der Waals surface area contributed by atoms with Gasteiger partial charge in [0, 0.05) is 37.3 Å². The number of carbonyl (C=O) groups excluding carboxylic acids is 2. The van der Waals surface area contributed by atoms with Crippen LogP contribution in [0.15, 0.2) is 24.3 Å². The van der Waals surface area contributed by atoms with E-state index < -0.39 is 5.66 Å². The lowest BCUT2D eigenvalue weighted by Gasteiger charge is -2.56. The molecule has 3 fully saturated rings. The highest BCUT2D eigenvalue weighted by Crippen LogP contribution is 2.51. The predicted molar refractivity (Wildman–Crippen MR) is 103 cm³/mol. The van der Waals surface area contributed by atoms with Crippen molar-refractivity contribution >= 4 is 17.5 Å². The van der Waals surface area contributed by atoms with Crippen LogP contribution >= 0.6 is 0 Å². The Hall–Kier alpha value is -2.08. The molecule has 2 bridgehead atoms. The molecule has 4 aliphatic rings. The summed E-state index contributed by atoms with van der Waals surface area (Å²) in [6.07, 6.45) is 4.60. The van der Waals surface area contributed by atoms with Crippen molar-refractivity contribution in [2.45, 2.75) is 44.7 Å². The molecule has 5 rings (SSSR count). The Labute approximate surface area is 160 Å². The monoisotopic (exact) mass is 371 g/mol. The quantitative estimate of drug-likeness (QED) is 0.672. The molecule has 3 aliphatic carbocycles. The highest BCUT2D eigenvalue weighted by molar-refractivity contribution is 6.02. The molecular formula is C21H29N3O3. The lowest BCUT2D eigenvalue weighted by atomic mass is 9.58. The van der Waals surface area contributed by atoms with Gasteiger partial charge in [-0.05, 0) is 57.1 Å². The minimum Gasteiger partial charge on any atom is -0.382 e. The van der Waals surface area contributed by atoms with Crippen molar-refractivity contribution in [2.75, 3.05) is 25.1 Å². The topological polar surface area (TPSA) is 79.5 Å². The first-order valence-corrected chi connectivity index (χ1v) is 10.2. The van der Waals surface area contributed by atoms with E-state index in [2.05, 4.69) is 16.0 Å². The molecule has 6 heteroatoms. The van der Waals surface area contributed by atoms with Crippen LogP contribution in [-0.2, 0) is 9.53 Å². The van der Waals surface area contributed by atoms with Crippen LogP contribution < -0.4 is 16.0 Å². The molecule has 1 aliphatic heterocycles. The summed E-state index contributed by atoms with van der Waals surface area (Å²) in [5.41, 5.74) is 1.21. The second-order valence-electron chi connectivity index (χ2n) is 8.02. The normalized spacial score (nSPS) is 31.1. The molecule has 1 heterocycles. The molecule has 6 nitrogen and oxygen atoms in total. The average molecular weight is 371 g/mol. The predicted octanol–water partition coefficient (Wildman–Crippen LogP) is 2.52. The summed E-state index contributed by atoms with van der Waals surface area (Å²) in [4.78, 5) is 25.3. The van der Waals surface area contributed by atoms with Crippen LogP contribution in [-0.4, -0.2) is 37.2 Å². The van der Waals surface area contributed by atoms with E-state index in [0.29, 0.717) is 31.2 Å². The number of amides is 2. The SMILES string of the molecule is CCOCCCNC(=O)[C@H]1C[C@H]2CC[C@H]1C[C@@]21NC(=O)c2ccccc2N1. The summed E-state index contributed by atoms with van der Waals surface area (Å²) in [5.74, 6) is 0.795. The lowest BCUT2D eigenvalue weighted by Crippen LogP contribution is -2.68. The second kappa shape index (κ2) is 7.50. The maximum Gasteiger partial charge on any atom is 0.255 e. The molecule has 1 aromatic rings. The molecule has 27 heavy (non-hydrogen) atoms. The smallest absolute Gasteiger partial charge is 0.255 e. The Balaban J connectivity index is 1.41. The highest BCUT2D eigenvalue weighted by atomic mass is 16.5. The summed E-state index contributed by atoms with van der Waals surface area (Å²) >= 11 is 0. The number of rotatable bonds is 6. The molecule has 1 spiro atoms. The lowest BCUT2D eigenvalue weighted by molar-refractivity contribution is -0.132. The van der Waals surface area contributed by atoms with E-state index in [-0.39, 0.29) is 23.7 Å². The van der Waals surface area contributed by atoms with Crippen molar-refractivity contribution < 1.29 is 14.3 Å². The fourth-order valence-electron chi connectivity index (χ4n) is 5.13. The zero-order chi connectivity index (χ0) is 18.9. The van der Waals surface area contributed by atoms with Gasteiger partial charge >= 0.3 is 0 Å².